The molecule has 1 aromatic heterocycles. The zero-order valence-electron chi connectivity index (χ0n) is 7.72. The number of fused-ring (bicyclic) bond motifs is 1. The van der Waals surface area contributed by atoms with Crippen molar-refractivity contribution < 1.29 is 4.79 Å². The SMILES string of the molecule is Cc1ccc2[nH]c(C=O)c(C)c2c1. The van der Waals surface area contributed by atoms with Crippen molar-refractivity contribution in [2.75, 3.05) is 0 Å². The van der Waals surface area contributed by atoms with Crippen LogP contribution in [0.2, 0.25) is 0 Å². The first-order chi connectivity index (χ1) is 6.22. The summed E-state index contributed by atoms with van der Waals surface area (Å²) in [5.74, 6) is 0. The lowest BCUT2D eigenvalue weighted by atomic mass is 10.1. The van der Waals surface area contributed by atoms with Crippen molar-refractivity contribution in [2.45, 2.75) is 13.8 Å². The van der Waals surface area contributed by atoms with Crippen LogP contribution in [0.25, 0.3) is 10.9 Å². The Hall–Kier alpha value is -1.57. The first-order valence-corrected chi connectivity index (χ1v) is 4.26. The van der Waals surface area contributed by atoms with E-state index in [1.54, 1.807) is 0 Å². The summed E-state index contributed by atoms with van der Waals surface area (Å²) in [7, 11) is 0. The van der Waals surface area contributed by atoms with Crippen molar-refractivity contribution in [3.8, 4) is 0 Å². The van der Waals surface area contributed by atoms with Gasteiger partial charge < -0.3 is 4.98 Å². The zero-order chi connectivity index (χ0) is 9.42. The van der Waals surface area contributed by atoms with Crippen LogP contribution >= 0.6 is 0 Å². The molecule has 0 unspecified atom stereocenters. The molecule has 0 atom stereocenters. The predicted molar refractivity (Wildman–Crippen MR) is 53.2 cm³/mol. The molecule has 0 fully saturated rings. The van der Waals surface area contributed by atoms with Gasteiger partial charge in [0.1, 0.15) is 0 Å². The fourth-order valence-electron chi connectivity index (χ4n) is 1.58. The Balaban J connectivity index is 2.84. The highest BCUT2D eigenvalue weighted by Crippen LogP contribution is 2.21. The van der Waals surface area contributed by atoms with Crippen molar-refractivity contribution in [2.24, 2.45) is 0 Å². The van der Waals surface area contributed by atoms with Gasteiger partial charge in [-0.3, -0.25) is 4.79 Å². The molecule has 0 aliphatic carbocycles. The molecule has 1 N–H and O–H groups in total. The third kappa shape index (κ3) is 1.15. The minimum atomic E-state index is 0.681. The summed E-state index contributed by atoms with van der Waals surface area (Å²) in [5, 5.41) is 1.14. The summed E-state index contributed by atoms with van der Waals surface area (Å²) in [6.07, 6.45) is 0.866. The second-order valence-corrected chi connectivity index (χ2v) is 3.33. The van der Waals surface area contributed by atoms with Gasteiger partial charge in [0.2, 0.25) is 0 Å². The van der Waals surface area contributed by atoms with Crippen molar-refractivity contribution in [3.63, 3.8) is 0 Å². The third-order valence-corrected chi connectivity index (χ3v) is 2.37. The van der Waals surface area contributed by atoms with E-state index >= 15 is 0 Å². The average Bonchev–Trinajstić information content (AvgIpc) is 2.44. The summed E-state index contributed by atoms with van der Waals surface area (Å²) >= 11 is 0. The predicted octanol–water partition coefficient (Wildman–Crippen LogP) is 2.60. The van der Waals surface area contributed by atoms with Crippen LogP contribution in [0.3, 0.4) is 0 Å². The molecule has 2 nitrogen and oxygen atoms in total. The molecule has 66 valence electrons. The minimum Gasteiger partial charge on any atom is -0.352 e. The molecule has 1 aromatic carbocycles. The quantitative estimate of drug-likeness (QED) is 0.660. The molecule has 2 rings (SSSR count). The van der Waals surface area contributed by atoms with Crippen LogP contribution in [0.5, 0.6) is 0 Å². The Kier molecular flexibility index (Phi) is 1.69. The lowest BCUT2D eigenvalue weighted by Gasteiger charge is -1.93. The van der Waals surface area contributed by atoms with Crippen molar-refractivity contribution in [1.29, 1.82) is 0 Å². The molecule has 0 spiro atoms. The fourth-order valence-corrected chi connectivity index (χ4v) is 1.58. The Labute approximate surface area is 76.6 Å². The van der Waals surface area contributed by atoms with Crippen molar-refractivity contribution in [3.05, 3.63) is 35.0 Å². The van der Waals surface area contributed by atoms with Crippen LogP contribution in [-0.4, -0.2) is 11.3 Å². The van der Waals surface area contributed by atoms with E-state index in [1.165, 1.54) is 5.56 Å². The van der Waals surface area contributed by atoms with E-state index in [0.717, 1.165) is 22.8 Å². The van der Waals surface area contributed by atoms with E-state index in [9.17, 15) is 4.79 Å². The summed E-state index contributed by atoms with van der Waals surface area (Å²) < 4.78 is 0. The first-order valence-electron chi connectivity index (χ1n) is 4.26. The van der Waals surface area contributed by atoms with E-state index < -0.39 is 0 Å². The largest absolute Gasteiger partial charge is 0.352 e. The van der Waals surface area contributed by atoms with Gasteiger partial charge in [-0.1, -0.05) is 11.6 Å². The Bertz CT molecular complexity index is 468. The molecule has 1 heterocycles. The number of H-pyrrole nitrogens is 1. The topological polar surface area (TPSA) is 32.9 Å². The van der Waals surface area contributed by atoms with Gasteiger partial charge in [0.05, 0.1) is 5.69 Å². The van der Waals surface area contributed by atoms with Crippen LogP contribution in [0.15, 0.2) is 18.2 Å². The van der Waals surface area contributed by atoms with Gasteiger partial charge in [-0.25, -0.2) is 0 Å². The summed E-state index contributed by atoms with van der Waals surface area (Å²) in [5.41, 5.74) is 3.96. The van der Waals surface area contributed by atoms with Gasteiger partial charge in [0.25, 0.3) is 0 Å². The molecule has 0 aliphatic heterocycles. The van der Waals surface area contributed by atoms with E-state index in [1.807, 2.05) is 26.0 Å². The molecule has 2 heteroatoms. The fraction of sp³-hybridized carbons (Fsp3) is 0.182. The Morgan fingerprint density at radius 1 is 1.31 bits per heavy atom. The van der Waals surface area contributed by atoms with Gasteiger partial charge in [-0.2, -0.15) is 0 Å². The number of carbonyl (C=O) groups excluding carboxylic acids is 1. The van der Waals surface area contributed by atoms with E-state index in [-0.39, 0.29) is 0 Å². The standard InChI is InChI=1S/C11H11NO/c1-7-3-4-10-9(5-7)8(2)11(6-13)12-10/h3-6,12H,1-2H3. The van der Waals surface area contributed by atoms with Crippen LogP contribution in [0.1, 0.15) is 21.6 Å². The molecule has 13 heavy (non-hydrogen) atoms. The maximum absolute atomic E-state index is 10.7. The van der Waals surface area contributed by atoms with E-state index in [4.69, 9.17) is 0 Å². The number of aryl methyl sites for hydroxylation is 2. The zero-order valence-corrected chi connectivity index (χ0v) is 7.72. The lowest BCUT2D eigenvalue weighted by molar-refractivity contribution is 0.111. The second kappa shape index (κ2) is 2.73. The molecule has 0 bridgehead atoms. The van der Waals surface area contributed by atoms with Gasteiger partial charge in [0, 0.05) is 10.9 Å². The Morgan fingerprint density at radius 2 is 2.08 bits per heavy atom. The number of hydrogen-bond acceptors (Lipinski definition) is 1. The molecule has 0 radical (unpaired) electrons. The van der Waals surface area contributed by atoms with Crippen LogP contribution in [0.4, 0.5) is 0 Å². The molecule has 0 amide bonds. The van der Waals surface area contributed by atoms with Gasteiger partial charge >= 0.3 is 0 Å². The first kappa shape index (κ1) is 8.05. The van der Waals surface area contributed by atoms with Crippen LogP contribution < -0.4 is 0 Å². The summed E-state index contributed by atoms with van der Waals surface area (Å²) in [4.78, 5) is 13.7. The highest BCUT2D eigenvalue weighted by Gasteiger charge is 2.05. The molecule has 0 saturated carbocycles. The molecular weight excluding hydrogens is 162 g/mol. The summed E-state index contributed by atoms with van der Waals surface area (Å²) in [6, 6.07) is 6.13. The number of nitrogens with one attached hydrogen (secondary N) is 1. The van der Waals surface area contributed by atoms with Gasteiger partial charge in [-0.15, -0.1) is 0 Å². The second-order valence-electron chi connectivity index (χ2n) is 3.33. The van der Waals surface area contributed by atoms with E-state index in [0.29, 0.717) is 5.69 Å². The van der Waals surface area contributed by atoms with Crippen LogP contribution in [-0.2, 0) is 0 Å². The molecule has 2 aromatic rings. The minimum absolute atomic E-state index is 0.681. The molecule has 0 aliphatic rings. The number of benzene rings is 1. The third-order valence-electron chi connectivity index (χ3n) is 2.37. The Morgan fingerprint density at radius 3 is 2.77 bits per heavy atom. The highest BCUT2D eigenvalue weighted by atomic mass is 16.1. The van der Waals surface area contributed by atoms with Crippen LogP contribution in [0, 0.1) is 13.8 Å². The van der Waals surface area contributed by atoms with E-state index in [2.05, 4.69) is 11.1 Å². The average molecular weight is 173 g/mol. The highest BCUT2D eigenvalue weighted by molar-refractivity contribution is 5.92. The number of carbonyl (C=O) groups is 1. The maximum Gasteiger partial charge on any atom is 0.166 e. The lowest BCUT2D eigenvalue weighted by Crippen LogP contribution is -1.80. The van der Waals surface area contributed by atoms with Crippen molar-refractivity contribution >= 4 is 17.2 Å². The number of rotatable bonds is 1. The number of aromatic amines is 1. The van der Waals surface area contributed by atoms with Gasteiger partial charge in [-0.05, 0) is 31.5 Å². The van der Waals surface area contributed by atoms with Crippen molar-refractivity contribution in [1.82, 2.24) is 4.98 Å². The number of aldehydes is 1. The summed E-state index contributed by atoms with van der Waals surface area (Å²) in [6.45, 7) is 4.01. The normalized spacial score (nSPS) is 10.6. The monoisotopic (exact) mass is 173 g/mol. The molecular formula is C11H11NO. The van der Waals surface area contributed by atoms with Gasteiger partial charge in [0.15, 0.2) is 6.29 Å². The number of hydrogen-bond donors (Lipinski definition) is 1. The maximum atomic E-state index is 10.7. The molecule has 0 saturated heterocycles. The number of aromatic nitrogens is 1. The smallest absolute Gasteiger partial charge is 0.166 e.